The molecule has 1 aliphatic heterocycles. The summed E-state index contributed by atoms with van der Waals surface area (Å²) in [4.78, 5) is 27.2. The molecule has 10 nitrogen and oxygen atoms in total. The SMILES string of the molecule is CCS(=O)(=O)Nc1ccc2c(c1)-c1cn(C)c(=O)cc1OCCN(C(=O)OC(C)(C)C)Cc1cc(Cl)ccc1O2. The molecule has 0 aliphatic carbocycles. The molecule has 0 radical (unpaired) electrons. The van der Waals surface area contributed by atoms with Crippen LogP contribution in [0.1, 0.15) is 33.3 Å². The number of carbonyl (C=O) groups is 1. The van der Waals surface area contributed by atoms with E-state index >= 15 is 0 Å². The first-order valence-corrected chi connectivity index (χ1v) is 14.7. The Hall–Kier alpha value is -3.70. The van der Waals surface area contributed by atoms with Gasteiger partial charge in [0.15, 0.2) is 0 Å². The molecule has 1 aromatic heterocycles. The second-order valence-electron chi connectivity index (χ2n) is 10.3. The van der Waals surface area contributed by atoms with Gasteiger partial charge in [-0.25, -0.2) is 13.2 Å². The summed E-state index contributed by atoms with van der Waals surface area (Å²) < 4.78 is 46.6. The van der Waals surface area contributed by atoms with E-state index in [0.717, 1.165) is 0 Å². The Labute approximate surface area is 238 Å². The maximum Gasteiger partial charge on any atom is 0.410 e. The number of hydrogen-bond acceptors (Lipinski definition) is 7. The zero-order valence-corrected chi connectivity index (χ0v) is 24.6. The van der Waals surface area contributed by atoms with Crippen molar-refractivity contribution >= 4 is 33.4 Å². The van der Waals surface area contributed by atoms with E-state index in [4.69, 9.17) is 25.8 Å². The largest absolute Gasteiger partial charge is 0.491 e. The van der Waals surface area contributed by atoms with Gasteiger partial charge in [0, 0.05) is 46.7 Å². The number of anilines is 1. The second kappa shape index (κ2) is 11.4. The Bertz CT molecular complexity index is 1600. The van der Waals surface area contributed by atoms with Crippen molar-refractivity contribution in [3.63, 3.8) is 0 Å². The third kappa shape index (κ3) is 7.08. The summed E-state index contributed by atoms with van der Waals surface area (Å²) in [6, 6.07) is 11.3. The first-order valence-electron chi connectivity index (χ1n) is 12.7. The lowest BCUT2D eigenvalue weighted by Gasteiger charge is -2.29. The molecule has 3 aromatic rings. The summed E-state index contributed by atoms with van der Waals surface area (Å²) in [7, 11) is -1.95. The molecule has 2 aromatic carbocycles. The highest BCUT2D eigenvalue weighted by atomic mass is 35.5. The van der Waals surface area contributed by atoms with E-state index in [0.29, 0.717) is 38.9 Å². The van der Waals surface area contributed by atoms with E-state index in [9.17, 15) is 18.0 Å². The van der Waals surface area contributed by atoms with Crippen molar-refractivity contribution < 1.29 is 27.4 Å². The van der Waals surface area contributed by atoms with Crippen molar-refractivity contribution in [3.8, 4) is 28.4 Å². The number of nitrogens with zero attached hydrogens (tertiary/aromatic N) is 2. The standard InChI is InChI=1S/C28H32ClN3O7S/c1-6-40(35,36)30-20-8-10-24-21(14-20)22-17-31(5)26(33)15-25(22)37-12-11-32(27(34)39-28(2,3)4)16-18-13-19(29)7-9-23(18)38-24/h7-10,13-15,17,30H,6,11-12,16H2,1-5H3. The van der Waals surface area contributed by atoms with Gasteiger partial charge in [-0.2, -0.15) is 0 Å². The molecule has 2 heterocycles. The Kier molecular flexibility index (Phi) is 8.36. The lowest BCUT2D eigenvalue weighted by Crippen LogP contribution is -2.38. The van der Waals surface area contributed by atoms with E-state index < -0.39 is 21.7 Å². The van der Waals surface area contributed by atoms with Gasteiger partial charge < -0.3 is 23.7 Å². The van der Waals surface area contributed by atoms with Gasteiger partial charge in [0.05, 0.1) is 18.8 Å². The number of benzene rings is 2. The molecule has 0 saturated heterocycles. The number of pyridine rings is 1. The van der Waals surface area contributed by atoms with Crippen molar-refractivity contribution in [2.75, 3.05) is 23.6 Å². The lowest BCUT2D eigenvalue weighted by molar-refractivity contribution is 0.0208. The lowest BCUT2D eigenvalue weighted by atomic mass is 10.0. The minimum atomic E-state index is -3.55. The first-order chi connectivity index (χ1) is 18.7. The fraction of sp³-hybridized carbons (Fsp3) is 0.357. The number of sulfonamides is 1. The Morgan fingerprint density at radius 1 is 1.07 bits per heavy atom. The van der Waals surface area contributed by atoms with E-state index in [1.54, 1.807) is 77.3 Å². The topological polar surface area (TPSA) is 116 Å². The number of aromatic nitrogens is 1. The van der Waals surface area contributed by atoms with Crippen molar-refractivity contribution in [3.05, 3.63) is 69.6 Å². The first kappa shape index (κ1) is 29.3. The molecule has 0 fully saturated rings. The van der Waals surface area contributed by atoms with Crippen LogP contribution in [0.2, 0.25) is 5.02 Å². The molecule has 0 unspecified atom stereocenters. The molecule has 40 heavy (non-hydrogen) atoms. The number of amides is 1. The predicted octanol–water partition coefficient (Wildman–Crippen LogP) is 5.39. The van der Waals surface area contributed by atoms with Crippen LogP contribution in [0.4, 0.5) is 10.5 Å². The molecule has 12 heteroatoms. The highest BCUT2D eigenvalue weighted by Gasteiger charge is 2.25. The molecule has 0 atom stereocenters. The number of ether oxygens (including phenoxy) is 3. The quantitative estimate of drug-likeness (QED) is 0.435. The Balaban J connectivity index is 1.89. The molecule has 1 aliphatic rings. The summed E-state index contributed by atoms with van der Waals surface area (Å²) in [6.45, 7) is 7.19. The van der Waals surface area contributed by atoms with Gasteiger partial charge in [0.2, 0.25) is 10.0 Å². The third-order valence-corrected chi connectivity index (χ3v) is 7.53. The zero-order valence-electron chi connectivity index (χ0n) is 23.0. The van der Waals surface area contributed by atoms with Gasteiger partial charge >= 0.3 is 6.09 Å². The monoisotopic (exact) mass is 589 g/mol. The number of halogens is 1. The van der Waals surface area contributed by atoms with Gasteiger partial charge in [-0.1, -0.05) is 11.6 Å². The summed E-state index contributed by atoms with van der Waals surface area (Å²) in [6.07, 6.45) is 1.05. The van der Waals surface area contributed by atoms with Crippen molar-refractivity contribution in [1.82, 2.24) is 9.47 Å². The molecular weight excluding hydrogens is 558 g/mol. The average Bonchev–Trinajstić information content (AvgIpc) is 2.86. The second-order valence-corrected chi connectivity index (χ2v) is 12.8. The van der Waals surface area contributed by atoms with Crippen LogP contribution in [0.3, 0.4) is 0 Å². The van der Waals surface area contributed by atoms with E-state index in [-0.39, 0.29) is 36.8 Å². The number of carbonyl (C=O) groups excluding carboxylic acids is 1. The Morgan fingerprint density at radius 2 is 1.80 bits per heavy atom. The number of aryl methyl sites for hydroxylation is 1. The summed E-state index contributed by atoms with van der Waals surface area (Å²) in [5, 5.41) is 0.458. The van der Waals surface area contributed by atoms with Gasteiger partial charge in [0.1, 0.15) is 29.5 Å². The normalized spacial score (nSPS) is 13.8. The molecule has 4 rings (SSSR count). The highest BCUT2D eigenvalue weighted by molar-refractivity contribution is 7.92. The number of rotatable bonds is 3. The van der Waals surface area contributed by atoms with Crippen LogP contribution >= 0.6 is 11.6 Å². The maximum atomic E-state index is 13.1. The maximum absolute atomic E-state index is 13.1. The smallest absolute Gasteiger partial charge is 0.410 e. The van der Waals surface area contributed by atoms with Crippen molar-refractivity contribution in [1.29, 1.82) is 0 Å². The van der Waals surface area contributed by atoms with E-state index in [1.807, 2.05) is 0 Å². The number of nitrogens with one attached hydrogen (secondary N) is 1. The number of fused-ring (bicyclic) bond motifs is 4. The van der Waals surface area contributed by atoms with Crippen LogP contribution in [0.25, 0.3) is 11.1 Å². The molecule has 1 amide bonds. The molecular formula is C28H32ClN3O7S. The molecule has 214 valence electrons. The minimum absolute atomic E-state index is 0.0493. The minimum Gasteiger partial charge on any atom is -0.491 e. The Morgan fingerprint density at radius 3 is 2.50 bits per heavy atom. The number of hydrogen-bond donors (Lipinski definition) is 1. The molecule has 0 bridgehead atoms. The molecule has 0 spiro atoms. The van der Waals surface area contributed by atoms with Crippen LogP contribution in [0.5, 0.6) is 17.2 Å². The fourth-order valence-corrected chi connectivity index (χ4v) is 4.83. The van der Waals surface area contributed by atoms with Crippen molar-refractivity contribution in [2.24, 2.45) is 7.05 Å². The fourth-order valence-electron chi connectivity index (χ4n) is 4.00. The van der Waals surface area contributed by atoms with E-state index in [2.05, 4.69) is 4.72 Å². The summed E-state index contributed by atoms with van der Waals surface area (Å²) in [5.41, 5.74) is 0.913. The average molecular weight is 590 g/mol. The van der Waals surface area contributed by atoms with Crippen LogP contribution in [-0.2, 0) is 28.4 Å². The van der Waals surface area contributed by atoms with Crippen molar-refractivity contribution in [2.45, 2.75) is 39.8 Å². The zero-order chi connectivity index (χ0) is 29.2. The van der Waals surface area contributed by atoms with E-state index in [1.165, 1.54) is 15.5 Å². The van der Waals surface area contributed by atoms with Gasteiger partial charge in [-0.05, 0) is 64.1 Å². The van der Waals surface area contributed by atoms with Crippen LogP contribution in [0, 0.1) is 0 Å². The molecule has 1 N–H and O–H groups in total. The van der Waals surface area contributed by atoms with Gasteiger partial charge in [-0.3, -0.25) is 9.52 Å². The summed E-state index contributed by atoms with van der Waals surface area (Å²) in [5.74, 6) is 0.964. The third-order valence-electron chi connectivity index (χ3n) is 5.99. The molecule has 0 saturated carbocycles. The summed E-state index contributed by atoms with van der Waals surface area (Å²) >= 11 is 6.32. The van der Waals surface area contributed by atoms with Crippen LogP contribution in [0.15, 0.2) is 53.5 Å². The van der Waals surface area contributed by atoms with Crippen LogP contribution < -0.4 is 19.8 Å². The van der Waals surface area contributed by atoms with Gasteiger partial charge in [-0.15, -0.1) is 0 Å². The highest BCUT2D eigenvalue weighted by Crippen LogP contribution is 2.41. The van der Waals surface area contributed by atoms with Crippen LogP contribution in [-0.4, -0.2) is 48.5 Å². The predicted molar refractivity (Wildman–Crippen MR) is 154 cm³/mol. The van der Waals surface area contributed by atoms with Gasteiger partial charge in [0.25, 0.3) is 5.56 Å².